The summed E-state index contributed by atoms with van der Waals surface area (Å²) in [5, 5.41) is 4.53. The average molecular weight is 257 g/mol. The Hall–Kier alpha value is -2.10. The van der Waals surface area contributed by atoms with Crippen molar-refractivity contribution in [2.45, 2.75) is 33.1 Å². The van der Waals surface area contributed by atoms with E-state index in [1.54, 1.807) is 10.7 Å². The van der Waals surface area contributed by atoms with Crippen molar-refractivity contribution in [3.63, 3.8) is 0 Å². The lowest BCUT2D eigenvalue weighted by Crippen LogP contribution is -2.16. The van der Waals surface area contributed by atoms with Crippen molar-refractivity contribution in [1.29, 1.82) is 0 Å². The number of nitrogens with zero attached hydrogens (tertiary/aromatic N) is 2. The molecule has 0 fully saturated rings. The van der Waals surface area contributed by atoms with E-state index in [-0.39, 0.29) is 5.41 Å². The van der Waals surface area contributed by atoms with Gasteiger partial charge < -0.3 is 5.73 Å². The van der Waals surface area contributed by atoms with Gasteiger partial charge in [-0.1, -0.05) is 32.9 Å². The molecule has 0 saturated heterocycles. The number of hydrogen-bond donors (Lipinski definition) is 1. The Bertz CT molecular complexity index is 621. The second-order valence-corrected chi connectivity index (χ2v) is 5.78. The van der Waals surface area contributed by atoms with Crippen LogP contribution in [0.25, 0.3) is 5.69 Å². The maximum absolute atomic E-state index is 11.6. The van der Waals surface area contributed by atoms with Gasteiger partial charge in [0.15, 0.2) is 0 Å². The van der Waals surface area contributed by atoms with Crippen LogP contribution in [-0.4, -0.2) is 15.7 Å². The van der Waals surface area contributed by atoms with E-state index in [4.69, 9.17) is 5.73 Å². The third kappa shape index (κ3) is 2.67. The molecular formula is C15H19N3O. The van der Waals surface area contributed by atoms with Gasteiger partial charge in [-0.25, -0.2) is 4.68 Å². The van der Waals surface area contributed by atoms with Crippen molar-refractivity contribution >= 4 is 5.91 Å². The molecule has 0 spiro atoms. The highest BCUT2D eigenvalue weighted by Crippen LogP contribution is 2.23. The molecule has 4 heteroatoms. The molecule has 0 aliphatic carbocycles. The highest BCUT2D eigenvalue weighted by atomic mass is 16.1. The minimum Gasteiger partial charge on any atom is -0.364 e. The molecule has 1 aromatic heterocycles. The van der Waals surface area contributed by atoms with E-state index in [2.05, 4.69) is 25.9 Å². The summed E-state index contributed by atoms with van der Waals surface area (Å²) in [5.41, 5.74) is 8.55. The predicted molar refractivity (Wildman–Crippen MR) is 75.5 cm³/mol. The lowest BCUT2D eigenvalue weighted by Gasteiger charge is -2.14. The number of benzene rings is 1. The van der Waals surface area contributed by atoms with Crippen LogP contribution in [0.2, 0.25) is 0 Å². The fraction of sp³-hybridized carbons (Fsp3) is 0.333. The van der Waals surface area contributed by atoms with Crippen LogP contribution in [0.15, 0.2) is 30.3 Å². The first-order chi connectivity index (χ1) is 8.79. The van der Waals surface area contributed by atoms with Crippen molar-refractivity contribution in [3.05, 3.63) is 47.3 Å². The monoisotopic (exact) mass is 257 g/mol. The van der Waals surface area contributed by atoms with Crippen LogP contribution < -0.4 is 5.73 Å². The summed E-state index contributed by atoms with van der Waals surface area (Å²) in [4.78, 5) is 11.6. The number of carbonyl (C=O) groups excluding carboxylic acids is 1. The maximum atomic E-state index is 11.6. The second-order valence-electron chi connectivity index (χ2n) is 5.78. The molecule has 1 aromatic carbocycles. The SMILES string of the molecule is Cc1cccc(-n2nc(C(C)(C)C)cc2C(N)=O)c1. The number of carbonyl (C=O) groups is 1. The smallest absolute Gasteiger partial charge is 0.267 e. The van der Waals surface area contributed by atoms with Crippen LogP contribution in [0.5, 0.6) is 0 Å². The number of hydrogen-bond acceptors (Lipinski definition) is 2. The third-order valence-electron chi connectivity index (χ3n) is 2.98. The Morgan fingerprint density at radius 1 is 1.26 bits per heavy atom. The van der Waals surface area contributed by atoms with E-state index < -0.39 is 5.91 Å². The van der Waals surface area contributed by atoms with Crippen LogP contribution in [0.4, 0.5) is 0 Å². The molecule has 2 N–H and O–H groups in total. The summed E-state index contributed by atoms with van der Waals surface area (Å²) in [6.45, 7) is 8.17. The van der Waals surface area contributed by atoms with Crippen LogP contribution in [0, 0.1) is 6.92 Å². The Balaban J connectivity index is 2.62. The van der Waals surface area contributed by atoms with Crippen LogP contribution in [-0.2, 0) is 5.41 Å². The average Bonchev–Trinajstić information content (AvgIpc) is 2.73. The van der Waals surface area contributed by atoms with Gasteiger partial charge in [0.25, 0.3) is 5.91 Å². The molecule has 0 atom stereocenters. The standard InChI is InChI=1S/C15H19N3O/c1-10-6-5-7-11(8-10)18-12(14(16)19)9-13(17-18)15(2,3)4/h5-9H,1-4H3,(H2,16,19). The van der Waals surface area contributed by atoms with Gasteiger partial charge in [0.2, 0.25) is 0 Å². The Labute approximate surface area is 113 Å². The van der Waals surface area contributed by atoms with Crippen LogP contribution in [0.1, 0.15) is 42.5 Å². The molecule has 2 aromatic rings. The van der Waals surface area contributed by atoms with Crippen LogP contribution in [0.3, 0.4) is 0 Å². The van der Waals surface area contributed by atoms with E-state index in [1.165, 1.54) is 0 Å². The molecule has 2 rings (SSSR count). The molecule has 0 bridgehead atoms. The summed E-state index contributed by atoms with van der Waals surface area (Å²) in [7, 11) is 0. The molecule has 0 saturated carbocycles. The fourth-order valence-electron chi connectivity index (χ4n) is 1.88. The first-order valence-corrected chi connectivity index (χ1v) is 6.26. The van der Waals surface area contributed by atoms with Gasteiger partial charge >= 0.3 is 0 Å². The molecule has 4 nitrogen and oxygen atoms in total. The first-order valence-electron chi connectivity index (χ1n) is 6.26. The van der Waals surface area contributed by atoms with Crippen molar-refractivity contribution in [2.75, 3.05) is 0 Å². The van der Waals surface area contributed by atoms with E-state index in [0.717, 1.165) is 16.9 Å². The number of primary amides is 1. The molecule has 0 aliphatic rings. The quantitative estimate of drug-likeness (QED) is 0.898. The number of nitrogens with two attached hydrogens (primary N) is 1. The lowest BCUT2D eigenvalue weighted by molar-refractivity contribution is 0.0993. The minimum atomic E-state index is -0.468. The van der Waals surface area contributed by atoms with Crippen molar-refractivity contribution in [3.8, 4) is 5.69 Å². The Morgan fingerprint density at radius 2 is 1.95 bits per heavy atom. The molecule has 0 aliphatic heterocycles. The van der Waals surface area contributed by atoms with Crippen molar-refractivity contribution in [2.24, 2.45) is 5.73 Å². The van der Waals surface area contributed by atoms with Gasteiger partial charge in [-0.15, -0.1) is 0 Å². The highest BCUT2D eigenvalue weighted by molar-refractivity contribution is 5.91. The van der Waals surface area contributed by atoms with Gasteiger partial charge in [0.05, 0.1) is 11.4 Å². The summed E-state index contributed by atoms with van der Waals surface area (Å²) in [5.74, 6) is -0.468. The molecular weight excluding hydrogens is 238 g/mol. The molecule has 100 valence electrons. The zero-order valence-corrected chi connectivity index (χ0v) is 11.8. The van der Waals surface area contributed by atoms with Crippen LogP contribution >= 0.6 is 0 Å². The predicted octanol–water partition coefficient (Wildman–Crippen LogP) is 2.58. The molecule has 1 heterocycles. The summed E-state index contributed by atoms with van der Waals surface area (Å²) in [6.07, 6.45) is 0. The van der Waals surface area contributed by atoms with Gasteiger partial charge in [-0.3, -0.25) is 4.79 Å². The number of rotatable bonds is 2. The first kappa shape index (κ1) is 13.3. The van der Waals surface area contributed by atoms with Gasteiger partial charge in [-0.05, 0) is 30.7 Å². The topological polar surface area (TPSA) is 60.9 Å². The van der Waals surface area contributed by atoms with Gasteiger partial charge in [0.1, 0.15) is 5.69 Å². The molecule has 1 amide bonds. The fourth-order valence-corrected chi connectivity index (χ4v) is 1.88. The third-order valence-corrected chi connectivity index (χ3v) is 2.98. The Kier molecular flexibility index (Phi) is 3.18. The van der Waals surface area contributed by atoms with Gasteiger partial charge in [0, 0.05) is 5.41 Å². The molecule has 0 unspecified atom stereocenters. The second kappa shape index (κ2) is 4.53. The summed E-state index contributed by atoms with van der Waals surface area (Å²) < 4.78 is 1.62. The minimum absolute atomic E-state index is 0.126. The zero-order chi connectivity index (χ0) is 14.2. The van der Waals surface area contributed by atoms with E-state index in [0.29, 0.717) is 5.69 Å². The van der Waals surface area contributed by atoms with Gasteiger partial charge in [-0.2, -0.15) is 5.10 Å². The largest absolute Gasteiger partial charge is 0.364 e. The summed E-state index contributed by atoms with van der Waals surface area (Å²) in [6, 6.07) is 9.60. The zero-order valence-electron chi connectivity index (χ0n) is 11.8. The van der Waals surface area contributed by atoms with E-state index in [9.17, 15) is 4.79 Å². The normalized spacial score (nSPS) is 11.6. The van der Waals surface area contributed by atoms with E-state index >= 15 is 0 Å². The number of amides is 1. The van der Waals surface area contributed by atoms with E-state index in [1.807, 2.05) is 31.2 Å². The summed E-state index contributed by atoms with van der Waals surface area (Å²) >= 11 is 0. The highest BCUT2D eigenvalue weighted by Gasteiger charge is 2.22. The lowest BCUT2D eigenvalue weighted by atomic mass is 9.92. The Morgan fingerprint density at radius 3 is 2.47 bits per heavy atom. The maximum Gasteiger partial charge on any atom is 0.267 e. The van der Waals surface area contributed by atoms with Crippen molar-refractivity contribution in [1.82, 2.24) is 9.78 Å². The molecule has 0 radical (unpaired) electrons. The number of aryl methyl sites for hydroxylation is 1. The van der Waals surface area contributed by atoms with Crippen molar-refractivity contribution < 1.29 is 4.79 Å². The number of aromatic nitrogens is 2. The molecule has 19 heavy (non-hydrogen) atoms.